The molecule has 0 saturated carbocycles. The van der Waals surface area contributed by atoms with E-state index in [2.05, 4.69) is 4.98 Å². The number of pyridine rings is 1. The van der Waals surface area contributed by atoms with Crippen LogP contribution in [0.2, 0.25) is 0 Å². The van der Waals surface area contributed by atoms with E-state index in [0.717, 1.165) is 10.9 Å². The quantitative estimate of drug-likeness (QED) is 0.881. The smallest absolute Gasteiger partial charge is 0.294 e. The molecule has 0 atom stereocenters. The zero-order valence-electron chi connectivity index (χ0n) is 9.95. The molecule has 0 spiro atoms. The highest BCUT2D eigenvalue weighted by molar-refractivity contribution is 5.87. The minimum atomic E-state index is -0.256. The van der Waals surface area contributed by atoms with Gasteiger partial charge in [0.25, 0.3) is 5.56 Å². The van der Waals surface area contributed by atoms with Crippen molar-refractivity contribution < 1.29 is 9.47 Å². The second kappa shape index (κ2) is 4.91. The van der Waals surface area contributed by atoms with E-state index in [1.54, 1.807) is 0 Å². The van der Waals surface area contributed by atoms with E-state index in [1.807, 2.05) is 38.1 Å². The maximum absolute atomic E-state index is 11.9. The van der Waals surface area contributed by atoms with Gasteiger partial charge < -0.3 is 14.5 Å². The van der Waals surface area contributed by atoms with Crippen LogP contribution in [0.4, 0.5) is 0 Å². The normalized spacial score (nSPS) is 10.5. The van der Waals surface area contributed by atoms with Gasteiger partial charge in [0, 0.05) is 5.39 Å². The fourth-order valence-electron chi connectivity index (χ4n) is 1.76. The number of H-pyrrole nitrogens is 1. The molecule has 0 bridgehead atoms. The van der Waals surface area contributed by atoms with Gasteiger partial charge in [-0.25, -0.2) is 0 Å². The number of fused-ring (bicyclic) bond motifs is 1. The minimum absolute atomic E-state index is 0.256. The van der Waals surface area contributed by atoms with Crippen molar-refractivity contribution in [3.8, 4) is 11.5 Å². The van der Waals surface area contributed by atoms with Crippen molar-refractivity contribution in [3.05, 3.63) is 34.6 Å². The Morgan fingerprint density at radius 1 is 1.06 bits per heavy atom. The highest BCUT2D eigenvalue weighted by Crippen LogP contribution is 2.31. The third-order valence-electron chi connectivity index (χ3n) is 2.41. The summed E-state index contributed by atoms with van der Waals surface area (Å²) in [6.07, 6.45) is 0. The molecule has 2 aromatic rings. The molecule has 0 aliphatic heterocycles. The van der Waals surface area contributed by atoms with Gasteiger partial charge in [0.15, 0.2) is 5.75 Å². The van der Waals surface area contributed by atoms with Crippen LogP contribution in [0.1, 0.15) is 13.8 Å². The molecule has 0 aliphatic rings. The SMILES string of the molecule is CCOc1c(OCC)c2ccccc2[nH]c1=O. The van der Waals surface area contributed by atoms with Crippen LogP contribution in [0.15, 0.2) is 29.1 Å². The maximum Gasteiger partial charge on any atom is 0.294 e. The Hall–Kier alpha value is -1.97. The summed E-state index contributed by atoms with van der Waals surface area (Å²) in [7, 11) is 0. The van der Waals surface area contributed by atoms with Crippen LogP contribution in [0.3, 0.4) is 0 Å². The number of hydrogen-bond acceptors (Lipinski definition) is 3. The zero-order chi connectivity index (χ0) is 12.3. The van der Waals surface area contributed by atoms with Gasteiger partial charge in [0.1, 0.15) is 0 Å². The molecule has 4 nitrogen and oxygen atoms in total. The Bertz CT molecular complexity index is 574. The summed E-state index contributed by atoms with van der Waals surface area (Å²) in [5.41, 5.74) is 0.499. The Morgan fingerprint density at radius 2 is 1.71 bits per heavy atom. The van der Waals surface area contributed by atoms with Gasteiger partial charge in [0.05, 0.1) is 18.7 Å². The summed E-state index contributed by atoms with van der Waals surface area (Å²) in [5, 5.41) is 0.859. The molecule has 0 unspecified atom stereocenters. The van der Waals surface area contributed by atoms with E-state index in [0.29, 0.717) is 19.0 Å². The van der Waals surface area contributed by atoms with Crippen molar-refractivity contribution in [2.45, 2.75) is 13.8 Å². The van der Waals surface area contributed by atoms with Gasteiger partial charge in [-0.3, -0.25) is 4.79 Å². The first-order valence-corrected chi connectivity index (χ1v) is 5.68. The predicted octanol–water partition coefficient (Wildman–Crippen LogP) is 2.33. The van der Waals surface area contributed by atoms with Gasteiger partial charge in [-0.2, -0.15) is 0 Å². The molecule has 4 heteroatoms. The molecule has 1 aromatic carbocycles. The maximum atomic E-state index is 11.9. The van der Waals surface area contributed by atoms with Crippen LogP contribution in [0.5, 0.6) is 11.5 Å². The summed E-state index contributed by atoms with van der Waals surface area (Å²) in [4.78, 5) is 14.6. The van der Waals surface area contributed by atoms with Crippen molar-refractivity contribution >= 4 is 10.9 Å². The number of aromatic amines is 1. The first kappa shape index (κ1) is 11.5. The van der Waals surface area contributed by atoms with E-state index in [4.69, 9.17) is 9.47 Å². The standard InChI is InChI=1S/C13H15NO3/c1-3-16-11-9-7-5-6-8-10(9)14-13(15)12(11)17-4-2/h5-8H,3-4H2,1-2H3,(H,14,15). The number of para-hydroxylation sites is 1. The van der Waals surface area contributed by atoms with E-state index in [-0.39, 0.29) is 11.3 Å². The summed E-state index contributed by atoms with van der Waals surface area (Å²) in [6, 6.07) is 7.51. The van der Waals surface area contributed by atoms with Crippen LogP contribution >= 0.6 is 0 Å². The highest BCUT2D eigenvalue weighted by atomic mass is 16.5. The fourth-order valence-corrected chi connectivity index (χ4v) is 1.76. The van der Waals surface area contributed by atoms with Crippen molar-refractivity contribution in [2.24, 2.45) is 0 Å². The molecule has 2 rings (SSSR count). The van der Waals surface area contributed by atoms with Gasteiger partial charge in [-0.1, -0.05) is 12.1 Å². The van der Waals surface area contributed by atoms with Crippen LogP contribution in [-0.4, -0.2) is 18.2 Å². The first-order valence-electron chi connectivity index (χ1n) is 5.68. The molecular formula is C13H15NO3. The predicted molar refractivity (Wildman–Crippen MR) is 66.9 cm³/mol. The van der Waals surface area contributed by atoms with Crippen molar-refractivity contribution in [1.29, 1.82) is 0 Å². The monoisotopic (exact) mass is 233 g/mol. The summed E-state index contributed by atoms with van der Waals surface area (Å²) < 4.78 is 10.9. The number of benzene rings is 1. The largest absolute Gasteiger partial charge is 0.489 e. The van der Waals surface area contributed by atoms with E-state index in [9.17, 15) is 4.79 Å². The molecule has 0 fully saturated rings. The molecule has 0 amide bonds. The van der Waals surface area contributed by atoms with Crippen LogP contribution < -0.4 is 15.0 Å². The molecule has 1 N–H and O–H groups in total. The molecule has 1 aromatic heterocycles. The number of hydrogen-bond donors (Lipinski definition) is 1. The second-order valence-electron chi connectivity index (χ2n) is 3.52. The van der Waals surface area contributed by atoms with E-state index < -0.39 is 0 Å². The lowest BCUT2D eigenvalue weighted by molar-refractivity contribution is 0.287. The lowest BCUT2D eigenvalue weighted by Crippen LogP contribution is -2.13. The Morgan fingerprint density at radius 3 is 2.41 bits per heavy atom. The minimum Gasteiger partial charge on any atom is -0.489 e. The fraction of sp³-hybridized carbons (Fsp3) is 0.308. The average Bonchev–Trinajstić information content (AvgIpc) is 2.34. The lowest BCUT2D eigenvalue weighted by atomic mass is 10.2. The highest BCUT2D eigenvalue weighted by Gasteiger charge is 2.14. The number of nitrogens with one attached hydrogen (secondary N) is 1. The Kier molecular flexibility index (Phi) is 3.32. The van der Waals surface area contributed by atoms with Crippen LogP contribution in [0, 0.1) is 0 Å². The molecule has 0 aliphatic carbocycles. The molecule has 90 valence electrons. The number of rotatable bonds is 4. The summed E-state index contributed by atoms with van der Waals surface area (Å²) >= 11 is 0. The Labute approximate surface area is 99.2 Å². The number of ether oxygens (including phenoxy) is 2. The van der Waals surface area contributed by atoms with Gasteiger partial charge in [-0.05, 0) is 26.0 Å². The average molecular weight is 233 g/mol. The Balaban J connectivity index is 2.73. The molecule has 0 radical (unpaired) electrons. The summed E-state index contributed by atoms with van der Waals surface area (Å²) in [6.45, 7) is 4.64. The molecule has 0 saturated heterocycles. The summed E-state index contributed by atoms with van der Waals surface area (Å²) in [5.74, 6) is 0.779. The van der Waals surface area contributed by atoms with Crippen LogP contribution in [0.25, 0.3) is 10.9 Å². The van der Waals surface area contributed by atoms with E-state index in [1.165, 1.54) is 0 Å². The first-order chi connectivity index (χ1) is 8.27. The molecular weight excluding hydrogens is 218 g/mol. The topological polar surface area (TPSA) is 51.3 Å². The lowest BCUT2D eigenvalue weighted by Gasteiger charge is -2.12. The second-order valence-corrected chi connectivity index (χ2v) is 3.52. The van der Waals surface area contributed by atoms with Crippen LogP contribution in [-0.2, 0) is 0 Å². The van der Waals surface area contributed by atoms with Crippen molar-refractivity contribution in [2.75, 3.05) is 13.2 Å². The van der Waals surface area contributed by atoms with Gasteiger partial charge in [-0.15, -0.1) is 0 Å². The third-order valence-corrected chi connectivity index (χ3v) is 2.41. The van der Waals surface area contributed by atoms with E-state index >= 15 is 0 Å². The van der Waals surface area contributed by atoms with Gasteiger partial charge >= 0.3 is 0 Å². The number of aromatic nitrogens is 1. The third kappa shape index (κ3) is 2.11. The molecule has 17 heavy (non-hydrogen) atoms. The van der Waals surface area contributed by atoms with Gasteiger partial charge in [0.2, 0.25) is 5.75 Å². The molecule has 1 heterocycles. The van der Waals surface area contributed by atoms with Crippen molar-refractivity contribution in [1.82, 2.24) is 4.98 Å². The zero-order valence-corrected chi connectivity index (χ0v) is 9.95. The van der Waals surface area contributed by atoms with Crippen molar-refractivity contribution in [3.63, 3.8) is 0 Å².